The topological polar surface area (TPSA) is 88.8 Å². The monoisotopic (exact) mass is 139 g/mol. The Labute approximate surface area is 55.9 Å². The van der Waals surface area contributed by atoms with Crippen molar-refractivity contribution in [1.29, 1.82) is 0 Å². The highest BCUT2D eigenvalue weighted by molar-refractivity contribution is 5.92. The van der Waals surface area contributed by atoms with E-state index in [0.717, 1.165) is 6.20 Å². The molecule has 5 nitrogen and oxygen atoms in total. The molecule has 3 N–H and O–H groups in total. The lowest BCUT2D eigenvalue weighted by atomic mass is 10.3. The van der Waals surface area contributed by atoms with Crippen LogP contribution >= 0.6 is 0 Å². The fraction of sp³-hybridized carbons (Fsp3) is 0. The highest BCUT2D eigenvalue weighted by Gasteiger charge is 2.02. The van der Waals surface area contributed by atoms with E-state index in [1.165, 1.54) is 6.20 Å². The van der Waals surface area contributed by atoms with Gasteiger partial charge in [-0.05, 0) is 0 Å². The fourth-order valence-electron chi connectivity index (χ4n) is 0.531. The third kappa shape index (κ3) is 1.02. The van der Waals surface area contributed by atoms with Crippen LogP contribution in [0.15, 0.2) is 17.2 Å². The summed E-state index contributed by atoms with van der Waals surface area (Å²) in [4.78, 5) is 21.1. The van der Waals surface area contributed by atoms with E-state index in [1.54, 1.807) is 0 Å². The van der Waals surface area contributed by atoms with E-state index in [9.17, 15) is 9.59 Å². The molecule has 0 unspecified atom stereocenters. The Balaban J connectivity index is 3.29. The number of primary amides is 1. The van der Waals surface area contributed by atoms with Crippen LogP contribution in [0, 0.1) is 0 Å². The molecule has 0 atom stereocenters. The zero-order chi connectivity index (χ0) is 7.56. The molecule has 0 radical (unpaired) electrons. The second-order valence-electron chi connectivity index (χ2n) is 1.67. The van der Waals surface area contributed by atoms with E-state index in [-0.39, 0.29) is 5.56 Å². The van der Waals surface area contributed by atoms with E-state index in [2.05, 4.69) is 10.2 Å². The molecule has 0 saturated heterocycles. The number of rotatable bonds is 1. The molecule has 0 aromatic carbocycles. The van der Waals surface area contributed by atoms with Gasteiger partial charge in [-0.15, -0.1) is 0 Å². The number of carbonyl (C=O) groups excluding carboxylic acids is 1. The summed E-state index contributed by atoms with van der Waals surface area (Å²) < 4.78 is 0. The zero-order valence-electron chi connectivity index (χ0n) is 5.00. The number of nitrogens with zero attached hydrogens (tertiary/aromatic N) is 1. The van der Waals surface area contributed by atoms with Crippen LogP contribution in [0.1, 0.15) is 10.4 Å². The number of hydrogen-bond acceptors (Lipinski definition) is 3. The van der Waals surface area contributed by atoms with Crippen LogP contribution < -0.4 is 11.2 Å². The van der Waals surface area contributed by atoms with Crippen LogP contribution in [0.25, 0.3) is 0 Å². The molecule has 0 aliphatic carbocycles. The first-order valence-corrected chi connectivity index (χ1v) is 2.54. The summed E-state index contributed by atoms with van der Waals surface area (Å²) in [6, 6.07) is 0. The first-order valence-electron chi connectivity index (χ1n) is 2.54. The Morgan fingerprint density at radius 1 is 1.70 bits per heavy atom. The Morgan fingerprint density at radius 2 is 2.40 bits per heavy atom. The van der Waals surface area contributed by atoms with Gasteiger partial charge >= 0.3 is 0 Å². The van der Waals surface area contributed by atoms with Crippen LogP contribution in [0.4, 0.5) is 0 Å². The van der Waals surface area contributed by atoms with Crippen LogP contribution in [0.5, 0.6) is 0 Å². The molecule has 1 heterocycles. The maximum atomic E-state index is 10.7. The number of H-pyrrole nitrogens is 1. The molecule has 0 saturated carbocycles. The average molecular weight is 139 g/mol. The number of carbonyl (C=O) groups is 1. The summed E-state index contributed by atoms with van der Waals surface area (Å²) >= 11 is 0. The molecular formula is C5H5N3O2. The fourth-order valence-corrected chi connectivity index (χ4v) is 0.531. The van der Waals surface area contributed by atoms with Gasteiger partial charge in [-0.3, -0.25) is 14.7 Å². The molecule has 0 spiro atoms. The van der Waals surface area contributed by atoms with Crippen molar-refractivity contribution >= 4 is 5.91 Å². The molecule has 5 heteroatoms. The van der Waals surface area contributed by atoms with Gasteiger partial charge in [0.1, 0.15) is 5.56 Å². The van der Waals surface area contributed by atoms with Gasteiger partial charge in [0.05, 0.1) is 6.20 Å². The lowest BCUT2D eigenvalue weighted by molar-refractivity contribution is 0.0998. The third-order valence-corrected chi connectivity index (χ3v) is 0.996. The number of aromatic nitrogens is 2. The summed E-state index contributed by atoms with van der Waals surface area (Å²) in [5.74, 6) is -0.747. The van der Waals surface area contributed by atoms with Crippen molar-refractivity contribution in [3.05, 3.63) is 28.2 Å². The van der Waals surface area contributed by atoms with Crippen LogP contribution in [-0.4, -0.2) is 16.1 Å². The second-order valence-corrected chi connectivity index (χ2v) is 1.67. The lowest BCUT2D eigenvalue weighted by Crippen LogP contribution is -2.21. The molecule has 1 aromatic rings. The van der Waals surface area contributed by atoms with Crippen molar-refractivity contribution in [2.24, 2.45) is 5.73 Å². The van der Waals surface area contributed by atoms with Crippen LogP contribution in [0.2, 0.25) is 0 Å². The molecule has 0 fully saturated rings. The minimum Gasteiger partial charge on any atom is -0.365 e. The van der Waals surface area contributed by atoms with Crippen molar-refractivity contribution < 1.29 is 4.79 Å². The van der Waals surface area contributed by atoms with Gasteiger partial charge in [0.15, 0.2) is 0 Å². The van der Waals surface area contributed by atoms with Crippen molar-refractivity contribution in [2.45, 2.75) is 0 Å². The predicted molar refractivity (Wildman–Crippen MR) is 33.4 cm³/mol. The first-order chi connectivity index (χ1) is 4.72. The Bertz CT molecular complexity index is 304. The van der Waals surface area contributed by atoms with Crippen molar-refractivity contribution in [2.75, 3.05) is 0 Å². The second kappa shape index (κ2) is 2.30. The molecular weight excluding hydrogens is 134 g/mol. The number of nitrogens with one attached hydrogen (secondary N) is 1. The molecule has 10 heavy (non-hydrogen) atoms. The zero-order valence-corrected chi connectivity index (χ0v) is 5.00. The van der Waals surface area contributed by atoms with E-state index < -0.39 is 11.3 Å². The van der Waals surface area contributed by atoms with E-state index in [4.69, 9.17) is 5.73 Å². The van der Waals surface area contributed by atoms with E-state index in [0.29, 0.717) is 0 Å². The standard InChI is InChI=1S/C5H5N3O2/c6-5(10)3-1-7-8-2-4(3)9/h1-2H,(H2,6,10)(H,7,9). The lowest BCUT2D eigenvalue weighted by Gasteiger charge is -1.88. The summed E-state index contributed by atoms with van der Waals surface area (Å²) in [5.41, 5.74) is 4.29. The molecule has 0 aliphatic rings. The molecule has 0 bridgehead atoms. The minimum absolute atomic E-state index is 0.0741. The van der Waals surface area contributed by atoms with Crippen LogP contribution in [-0.2, 0) is 0 Å². The third-order valence-electron chi connectivity index (χ3n) is 0.996. The maximum Gasteiger partial charge on any atom is 0.254 e. The highest BCUT2D eigenvalue weighted by Crippen LogP contribution is 1.80. The normalized spacial score (nSPS) is 9.20. The van der Waals surface area contributed by atoms with Crippen LogP contribution in [0.3, 0.4) is 0 Å². The van der Waals surface area contributed by atoms with E-state index in [1.807, 2.05) is 0 Å². The van der Waals surface area contributed by atoms with Gasteiger partial charge in [0, 0.05) is 6.20 Å². The largest absolute Gasteiger partial charge is 0.365 e. The van der Waals surface area contributed by atoms with Crippen molar-refractivity contribution in [3.8, 4) is 0 Å². The number of nitrogens with two attached hydrogens (primary N) is 1. The molecule has 1 amide bonds. The molecule has 1 aromatic heterocycles. The molecule has 52 valence electrons. The predicted octanol–water partition coefficient (Wildman–Crippen LogP) is -1.13. The summed E-state index contributed by atoms with van der Waals surface area (Å²) in [5, 5.41) is 5.71. The smallest absolute Gasteiger partial charge is 0.254 e. The van der Waals surface area contributed by atoms with Gasteiger partial charge in [-0.2, -0.15) is 5.10 Å². The maximum absolute atomic E-state index is 10.7. The minimum atomic E-state index is -0.747. The Hall–Kier alpha value is -1.65. The molecule has 1 rings (SSSR count). The number of amides is 1. The number of aromatic amines is 1. The van der Waals surface area contributed by atoms with Gasteiger partial charge < -0.3 is 5.73 Å². The van der Waals surface area contributed by atoms with Gasteiger partial charge in [0.25, 0.3) is 5.91 Å². The summed E-state index contributed by atoms with van der Waals surface area (Å²) in [7, 11) is 0. The van der Waals surface area contributed by atoms with Gasteiger partial charge in [-0.1, -0.05) is 0 Å². The summed E-state index contributed by atoms with van der Waals surface area (Å²) in [6.07, 6.45) is 2.17. The first kappa shape index (κ1) is 6.47. The molecule has 0 aliphatic heterocycles. The van der Waals surface area contributed by atoms with E-state index >= 15 is 0 Å². The Kier molecular flexibility index (Phi) is 1.49. The SMILES string of the molecule is NC(=O)c1c[nH]ncc1=O. The number of hydrogen-bond donors (Lipinski definition) is 2. The highest BCUT2D eigenvalue weighted by atomic mass is 16.2. The quantitative estimate of drug-likeness (QED) is 0.515. The van der Waals surface area contributed by atoms with Gasteiger partial charge in [0.2, 0.25) is 5.43 Å². The van der Waals surface area contributed by atoms with Crippen molar-refractivity contribution in [3.63, 3.8) is 0 Å². The van der Waals surface area contributed by atoms with Crippen molar-refractivity contribution in [1.82, 2.24) is 10.2 Å². The van der Waals surface area contributed by atoms with Gasteiger partial charge in [-0.25, -0.2) is 0 Å². The Morgan fingerprint density at radius 3 is 2.80 bits per heavy atom. The average Bonchev–Trinajstić information content (AvgIpc) is 1.88. The summed E-state index contributed by atoms with van der Waals surface area (Å²) in [6.45, 7) is 0.